The highest BCUT2D eigenvalue weighted by Gasteiger charge is 2.52. The maximum Gasteiger partial charge on any atom is 0.162 e. The molecule has 0 atom stereocenters. The maximum atomic E-state index is 9.59. The van der Waals surface area contributed by atoms with Crippen LogP contribution in [0.1, 0.15) is 18.4 Å². The highest BCUT2D eigenvalue weighted by Crippen LogP contribution is 2.51. The van der Waals surface area contributed by atoms with Crippen LogP contribution < -0.4 is 24.2 Å². The number of hydrogen-bond donors (Lipinski definition) is 2. The molecule has 0 amide bonds. The maximum absolute atomic E-state index is 9.59. The Labute approximate surface area is 156 Å². The number of aromatic nitrogens is 1. The average molecular weight is 371 g/mol. The lowest BCUT2D eigenvalue weighted by atomic mass is 9.61. The minimum atomic E-state index is 0.340. The largest absolute Gasteiger partial charge is 0.493 e. The van der Waals surface area contributed by atoms with Crippen LogP contribution >= 0.6 is 12.1 Å². The highest BCUT2D eigenvalue weighted by atomic mass is 32.2. The molecule has 0 unspecified atom stereocenters. The van der Waals surface area contributed by atoms with Crippen LogP contribution in [0.15, 0.2) is 18.3 Å². The smallest absolute Gasteiger partial charge is 0.162 e. The SMILES string of the molecule is COc1cc2ncc(C#N)c(N3CC4(CC(NSN)C4)C3)c2cc1OC. The number of nitriles is 1. The van der Waals surface area contributed by atoms with E-state index < -0.39 is 0 Å². The predicted molar refractivity (Wildman–Crippen MR) is 102 cm³/mol. The normalized spacial score (nSPS) is 18.3. The molecular formula is C18H21N5O2S. The second-order valence-corrected chi connectivity index (χ2v) is 7.52. The van der Waals surface area contributed by atoms with Crippen LogP contribution in [0, 0.1) is 16.7 Å². The van der Waals surface area contributed by atoms with Crippen LogP contribution in [0.25, 0.3) is 10.9 Å². The van der Waals surface area contributed by atoms with Gasteiger partial charge in [0.05, 0.1) is 31.0 Å². The van der Waals surface area contributed by atoms with Gasteiger partial charge in [0.2, 0.25) is 0 Å². The molecule has 4 rings (SSSR count). The fourth-order valence-corrected chi connectivity index (χ4v) is 4.63. The number of rotatable bonds is 5. The molecule has 1 saturated heterocycles. The molecular weight excluding hydrogens is 350 g/mol. The standard InChI is InChI=1S/C18H21N5O2S/c1-24-15-3-13-14(4-16(15)25-2)21-8-11(7-19)17(13)23-9-18(10-23)5-12(6-18)22-26-20/h3-4,8,12,22H,5-6,9-10,20H2,1-2H3. The summed E-state index contributed by atoms with van der Waals surface area (Å²) in [5.41, 5.74) is 2.66. The van der Waals surface area contributed by atoms with Gasteiger partial charge in [0.1, 0.15) is 6.07 Å². The summed E-state index contributed by atoms with van der Waals surface area (Å²) in [6.07, 6.45) is 3.89. The predicted octanol–water partition coefficient (Wildman–Crippen LogP) is 2.20. The van der Waals surface area contributed by atoms with Gasteiger partial charge >= 0.3 is 0 Å². The lowest BCUT2D eigenvalue weighted by Crippen LogP contribution is -2.66. The Hall–Kier alpha value is -2.21. The molecule has 0 radical (unpaired) electrons. The highest BCUT2D eigenvalue weighted by molar-refractivity contribution is 7.95. The third-order valence-electron chi connectivity index (χ3n) is 5.43. The number of benzene rings is 1. The van der Waals surface area contributed by atoms with Gasteiger partial charge in [0, 0.05) is 54.3 Å². The molecule has 2 fully saturated rings. The molecule has 1 aromatic carbocycles. The van der Waals surface area contributed by atoms with Crippen molar-refractivity contribution in [1.82, 2.24) is 9.71 Å². The number of methoxy groups -OCH3 is 2. The molecule has 7 nitrogen and oxygen atoms in total. The van der Waals surface area contributed by atoms with Crippen molar-refractivity contribution in [3.63, 3.8) is 0 Å². The van der Waals surface area contributed by atoms with Gasteiger partial charge < -0.3 is 14.4 Å². The molecule has 3 N–H and O–H groups in total. The summed E-state index contributed by atoms with van der Waals surface area (Å²) in [5, 5.41) is 16.0. The van der Waals surface area contributed by atoms with Gasteiger partial charge in [-0.25, -0.2) is 4.72 Å². The first-order valence-electron chi connectivity index (χ1n) is 8.44. The number of fused-ring (bicyclic) bond motifs is 1. The van der Waals surface area contributed by atoms with Crippen molar-refractivity contribution in [3.05, 3.63) is 23.9 Å². The number of nitrogens with one attached hydrogen (secondary N) is 1. The lowest BCUT2D eigenvalue weighted by Gasteiger charge is -2.60. The molecule has 136 valence electrons. The van der Waals surface area contributed by atoms with Crippen LogP contribution in [-0.4, -0.2) is 38.3 Å². The Bertz CT molecular complexity index is 883. The third-order valence-corrected chi connectivity index (χ3v) is 5.90. The zero-order valence-corrected chi connectivity index (χ0v) is 15.6. The van der Waals surface area contributed by atoms with E-state index in [1.807, 2.05) is 12.1 Å². The second kappa shape index (κ2) is 6.50. The Balaban J connectivity index is 1.67. The van der Waals surface area contributed by atoms with Crippen molar-refractivity contribution in [2.45, 2.75) is 18.9 Å². The summed E-state index contributed by atoms with van der Waals surface area (Å²) in [6.45, 7) is 1.89. The number of ether oxygens (including phenoxy) is 2. The number of nitrogens with zero attached hydrogens (tertiary/aromatic N) is 3. The summed E-state index contributed by atoms with van der Waals surface area (Å²) in [5.74, 6) is 1.27. The Kier molecular flexibility index (Phi) is 4.31. The molecule has 1 aromatic heterocycles. The van der Waals surface area contributed by atoms with E-state index in [-0.39, 0.29) is 0 Å². The zero-order chi connectivity index (χ0) is 18.3. The first-order chi connectivity index (χ1) is 12.6. The van der Waals surface area contributed by atoms with Crippen molar-refractivity contribution in [2.75, 3.05) is 32.2 Å². The van der Waals surface area contributed by atoms with Crippen molar-refractivity contribution in [3.8, 4) is 17.6 Å². The van der Waals surface area contributed by atoms with E-state index in [1.165, 1.54) is 12.1 Å². The fraction of sp³-hybridized carbons (Fsp3) is 0.444. The van der Waals surface area contributed by atoms with Gasteiger partial charge in [-0.3, -0.25) is 10.1 Å². The number of pyridine rings is 1. The fourth-order valence-electron chi connectivity index (χ4n) is 4.27. The monoisotopic (exact) mass is 371 g/mol. The molecule has 1 saturated carbocycles. The minimum Gasteiger partial charge on any atom is -0.493 e. The molecule has 2 aromatic rings. The van der Waals surface area contributed by atoms with Gasteiger partial charge in [0.15, 0.2) is 11.5 Å². The van der Waals surface area contributed by atoms with Gasteiger partial charge in [-0.05, 0) is 18.9 Å². The van der Waals surface area contributed by atoms with E-state index in [2.05, 4.69) is 20.7 Å². The molecule has 1 spiro atoms. The molecule has 0 bridgehead atoms. The summed E-state index contributed by atoms with van der Waals surface area (Å²) >= 11 is 1.19. The van der Waals surface area contributed by atoms with E-state index in [4.69, 9.17) is 14.6 Å². The Morgan fingerprint density at radius 3 is 2.62 bits per heavy atom. The summed E-state index contributed by atoms with van der Waals surface area (Å²) in [7, 11) is 3.22. The van der Waals surface area contributed by atoms with Crippen molar-refractivity contribution >= 4 is 28.7 Å². The Morgan fingerprint density at radius 1 is 1.31 bits per heavy atom. The van der Waals surface area contributed by atoms with Crippen LogP contribution in [0.3, 0.4) is 0 Å². The molecule has 2 heterocycles. The number of anilines is 1. The van der Waals surface area contributed by atoms with Crippen LogP contribution in [-0.2, 0) is 0 Å². The molecule has 2 aliphatic rings. The van der Waals surface area contributed by atoms with Gasteiger partial charge in [-0.15, -0.1) is 0 Å². The lowest BCUT2D eigenvalue weighted by molar-refractivity contribution is 0.0605. The van der Waals surface area contributed by atoms with Crippen molar-refractivity contribution < 1.29 is 9.47 Å². The van der Waals surface area contributed by atoms with Crippen LogP contribution in [0.4, 0.5) is 5.69 Å². The summed E-state index contributed by atoms with van der Waals surface area (Å²) < 4.78 is 14.0. The van der Waals surface area contributed by atoms with E-state index in [9.17, 15) is 5.26 Å². The van der Waals surface area contributed by atoms with Crippen molar-refractivity contribution in [2.24, 2.45) is 10.6 Å². The van der Waals surface area contributed by atoms with E-state index in [0.29, 0.717) is 28.5 Å². The first-order valence-corrected chi connectivity index (χ1v) is 9.32. The minimum absolute atomic E-state index is 0.340. The summed E-state index contributed by atoms with van der Waals surface area (Å²) in [4.78, 5) is 6.71. The number of hydrogen-bond acceptors (Lipinski definition) is 8. The van der Waals surface area contributed by atoms with Gasteiger partial charge in [-0.2, -0.15) is 5.26 Å². The quantitative estimate of drug-likeness (QED) is 0.772. The van der Waals surface area contributed by atoms with Crippen molar-refractivity contribution in [1.29, 1.82) is 5.26 Å². The average Bonchev–Trinajstić information content (AvgIpc) is 2.60. The molecule has 8 heteroatoms. The molecule has 1 aliphatic heterocycles. The van der Waals surface area contributed by atoms with E-state index in [1.54, 1.807) is 20.4 Å². The van der Waals surface area contributed by atoms with E-state index >= 15 is 0 Å². The Morgan fingerprint density at radius 2 is 2.00 bits per heavy atom. The zero-order valence-electron chi connectivity index (χ0n) is 14.8. The van der Waals surface area contributed by atoms with Gasteiger partial charge in [-0.1, -0.05) is 0 Å². The van der Waals surface area contributed by atoms with Gasteiger partial charge in [0.25, 0.3) is 0 Å². The van der Waals surface area contributed by atoms with Crippen LogP contribution in [0.5, 0.6) is 11.5 Å². The second-order valence-electron chi connectivity index (χ2n) is 7.05. The summed E-state index contributed by atoms with van der Waals surface area (Å²) in [6, 6.07) is 6.55. The molecule has 26 heavy (non-hydrogen) atoms. The third kappa shape index (κ3) is 2.63. The first kappa shape index (κ1) is 17.2. The topological polar surface area (TPSA) is 96.4 Å². The molecule has 1 aliphatic carbocycles. The van der Waals surface area contributed by atoms with Crippen LogP contribution in [0.2, 0.25) is 0 Å². The van der Waals surface area contributed by atoms with E-state index in [0.717, 1.165) is 42.5 Å². The number of nitrogens with two attached hydrogens (primary N) is 1.